The number of anilines is 1. The summed E-state index contributed by atoms with van der Waals surface area (Å²) in [5.74, 6) is 2.98. The van der Waals surface area contributed by atoms with Crippen molar-refractivity contribution in [3.63, 3.8) is 0 Å². The summed E-state index contributed by atoms with van der Waals surface area (Å²) >= 11 is 3.34. The summed E-state index contributed by atoms with van der Waals surface area (Å²) in [6, 6.07) is 8.09. The van der Waals surface area contributed by atoms with Gasteiger partial charge in [0.05, 0.1) is 12.3 Å². The molecule has 0 radical (unpaired) electrons. The van der Waals surface area contributed by atoms with Crippen molar-refractivity contribution >= 4 is 46.5 Å². The summed E-state index contributed by atoms with van der Waals surface area (Å²) < 4.78 is 5.44. The average Bonchev–Trinajstić information content (AvgIpc) is 3.05. The molecular weight excluding hydrogens is 378 g/mol. The molecule has 1 fully saturated rings. The number of rotatable bonds is 6. The minimum Gasteiger partial charge on any atom is -0.494 e. The van der Waals surface area contributed by atoms with Gasteiger partial charge in [-0.25, -0.2) is 4.98 Å². The van der Waals surface area contributed by atoms with Gasteiger partial charge in [0, 0.05) is 41.5 Å². The van der Waals surface area contributed by atoms with Crippen LogP contribution in [0.5, 0.6) is 5.75 Å². The van der Waals surface area contributed by atoms with E-state index in [9.17, 15) is 4.79 Å². The number of nitrogens with zero attached hydrogens (tertiary/aromatic N) is 1. The zero-order chi connectivity index (χ0) is 16.8. The fourth-order valence-electron chi connectivity index (χ4n) is 2.50. The second kappa shape index (κ2) is 10.0. The number of benzene rings is 1. The lowest BCUT2D eigenvalue weighted by Crippen LogP contribution is -2.39. The number of carbonyl (C=O) groups is 1. The second-order valence-corrected chi connectivity index (χ2v) is 7.48. The number of nitrogens with one attached hydrogen (secondary N) is 2. The molecule has 0 bridgehead atoms. The third kappa shape index (κ3) is 5.88. The van der Waals surface area contributed by atoms with Crippen LogP contribution in [0.15, 0.2) is 29.6 Å². The number of thioether (sulfide) groups is 1. The van der Waals surface area contributed by atoms with E-state index in [2.05, 4.69) is 15.6 Å². The first-order chi connectivity index (χ1) is 11.7. The molecule has 2 aromatic rings. The molecule has 1 unspecified atom stereocenters. The van der Waals surface area contributed by atoms with Gasteiger partial charge >= 0.3 is 0 Å². The van der Waals surface area contributed by atoms with Crippen LogP contribution in [0, 0.1) is 0 Å². The summed E-state index contributed by atoms with van der Waals surface area (Å²) in [7, 11) is 0. The smallest absolute Gasteiger partial charge is 0.227 e. The first-order valence-corrected chi connectivity index (χ1v) is 10.1. The molecule has 2 heterocycles. The number of carbonyl (C=O) groups excluding carboxylic acids is 1. The third-order valence-corrected chi connectivity index (χ3v) is 5.53. The Morgan fingerprint density at radius 3 is 2.88 bits per heavy atom. The summed E-state index contributed by atoms with van der Waals surface area (Å²) in [5, 5.41) is 8.88. The molecule has 1 saturated heterocycles. The van der Waals surface area contributed by atoms with E-state index in [1.807, 2.05) is 48.3 Å². The monoisotopic (exact) mass is 399 g/mol. The number of thiazole rings is 1. The molecule has 136 valence electrons. The van der Waals surface area contributed by atoms with Gasteiger partial charge in [0.15, 0.2) is 5.13 Å². The SMILES string of the molecule is CCOc1ccc(-c2csc(NC(=O)CC3CSCCN3)n2)cc1.Cl. The zero-order valence-corrected chi connectivity index (χ0v) is 16.4. The van der Waals surface area contributed by atoms with E-state index < -0.39 is 0 Å². The van der Waals surface area contributed by atoms with Crippen LogP contribution < -0.4 is 15.4 Å². The van der Waals surface area contributed by atoms with Gasteiger partial charge in [0.25, 0.3) is 0 Å². The Hall–Kier alpha value is -1.28. The van der Waals surface area contributed by atoms with Crippen LogP contribution >= 0.6 is 35.5 Å². The minimum atomic E-state index is 0. The van der Waals surface area contributed by atoms with Gasteiger partial charge < -0.3 is 15.4 Å². The number of hydrogen-bond donors (Lipinski definition) is 2. The van der Waals surface area contributed by atoms with Crippen molar-refractivity contribution < 1.29 is 9.53 Å². The van der Waals surface area contributed by atoms with Gasteiger partial charge in [0.2, 0.25) is 5.91 Å². The summed E-state index contributed by atoms with van der Waals surface area (Å²) in [5.41, 5.74) is 1.88. The van der Waals surface area contributed by atoms with Crippen LogP contribution in [0.2, 0.25) is 0 Å². The number of amides is 1. The van der Waals surface area contributed by atoms with Gasteiger partial charge in [-0.3, -0.25) is 4.79 Å². The minimum absolute atomic E-state index is 0. The molecule has 1 amide bonds. The molecule has 1 aliphatic heterocycles. The highest BCUT2D eigenvalue weighted by Gasteiger charge is 2.17. The van der Waals surface area contributed by atoms with E-state index in [1.54, 1.807) is 0 Å². The topological polar surface area (TPSA) is 63.2 Å². The molecule has 1 aliphatic rings. The molecule has 3 rings (SSSR count). The standard InChI is InChI=1S/C17H21N3O2S2.ClH/c1-2-22-14-5-3-12(4-6-14)15-11-24-17(19-15)20-16(21)9-13-10-23-8-7-18-13;/h3-6,11,13,18H,2,7-10H2,1H3,(H,19,20,21);1H. The van der Waals surface area contributed by atoms with Crippen LogP contribution in [0.1, 0.15) is 13.3 Å². The highest BCUT2D eigenvalue weighted by atomic mass is 35.5. The fourth-order valence-corrected chi connectivity index (χ4v) is 4.18. The Kier molecular flexibility index (Phi) is 8.02. The molecule has 0 spiro atoms. The van der Waals surface area contributed by atoms with Gasteiger partial charge in [-0.15, -0.1) is 23.7 Å². The van der Waals surface area contributed by atoms with Crippen molar-refractivity contribution in [2.75, 3.05) is 30.0 Å². The van der Waals surface area contributed by atoms with Crippen molar-refractivity contribution in [3.05, 3.63) is 29.6 Å². The van der Waals surface area contributed by atoms with Crippen molar-refractivity contribution in [1.82, 2.24) is 10.3 Å². The lowest BCUT2D eigenvalue weighted by molar-refractivity contribution is -0.116. The normalized spacial score (nSPS) is 16.8. The molecule has 1 aromatic heterocycles. The van der Waals surface area contributed by atoms with Crippen LogP contribution in [0.3, 0.4) is 0 Å². The van der Waals surface area contributed by atoms with Crippen molar-refractivity contribution in [2.24, 2.45) is 0 Å². The summed E-state index contributed by atoms with van der Waals surface area (Å²) in [6.45, 7) is 3.59. The first kappa shape index (κ1) is 20.0. The summed E-state index contributed by atoms with van der Waals surface area (Å²) in [4.78, 5) is 16.6. The Bertz CT molecular complexity index is 673. The van der Waals surface area contributed by atoms with Crippen LogP contribution in [0.25, 0.3) is 11.3 Å². The lowest BCUT2D eigenvalue weighted by atomic mass is 10.2. The van der Waals surface area contributed by atoms with E-state index in [0.29, 0.717) is 18.2 Å². The molecule has 1 aromatic carbocycles. The Morgan fingerprint density at radius 2 is 2.20 bits per heavy atom. The van der Waals surface area contributed by atoms with Crippen molar-refractivity contribution in [2.45, 2.75) is 19.4 Å². The molecule has 8 heteroatoms. The maximum atomic E-state index is 12.1. The Labute approximate surface area is 162 Å². The van der Waals surface area contributed by atoms with Crippen LogP contribution in [-0.2, 0) is 4.79 Å². The van der Waals surface area contributed by atoms with E-state index in [-0.39, 0.29) is 24.4 Å². The van der Waals surface area contributed by atoms with E-state index in [4.69, 9.17) is 4.74 Å². The van der Waals surface area contributed by atoms with Gasteiger partial charge in [-0.1, -0.05) is 0 Å². The Balaban J connectivity index is 0.00000225. The molecule has 1 atom stereocenters. The zero-order valence-electron chi connectivity index (χ0n) is 14.0. The van der Waals surface area contributed by atoms with Gasteiger partial charge in [0.1, 0.15) is 5.75 Å². The quantitative estimate of drug-likeness (QED) is 0.776. The highest BCUT2D eigenvalue weighted by Crippen LogP contribution is 2.26. The fraction of sp³-hybridized carbons (Fsp3) is 0.412. The molecule has 2 N–H and O–H groups in total. The molecular formula is C17H22ClN3O2S2. The van der Waals surface area contributed by atoms with Crippen LogP contribution in [-0.4, -0.2) is 41.6 Å². The first-order valence-electron chi connectivity index (χ1n) is 8.04. The molecule has 25 heavy (non-hydrogen) atoms. The maximum Gasteiger partial charge on any atom is 0.227 e. The molecule has 5 nitrogen and oxygen atoms in total. The largest absolute Gasteiger partial charge is 0.494 e. The number of halogens is 1. The van der Waals surface area contributed by atoms with Gasteiger partial charge in [-0.05, 0) is 31.2 Å². The van der Waals surface area contributed by atoms with E-state index >= 15 is 0 Å². The third-order valence-electron chi connectivity index (χ3n) is 3.64. The predicted molar refractivity (Wildman–Crippen MR) is 108 cm³/mol. The Morgan fingerprint density at radius 1 is 1.40 bits per heavy atom. The average molecular weight is 400 g/mol. The van der Waals surface area contributed by atoms with E-state index in [1.165, 1.54) is 11.3 Å². The lowest BCUT2D eigenvalue weighted by Gasteiger charge is -2.22. The predicted octanol–water partition coefficient (Wildman–Crippen LogP) is 3.66. The van der Waals surface area contributed by atoms with Crippen molar-refractivity contribution in [1.29, 1.82) is 0 Å². The number of aromatic nitrogens is 1. The second-order valence-electron chi connectivity index (χ2n) is 5.47. The highest BCUT2D eigenvalue weighted by molar-refractivity contribution is 7.99. The summed E-state index contributed by atoms with van der Waals surface area (Å²) in [6.07, 6.45) is 0.491. The number of ether oxygens (including phenoxy) is 1. The van der Waals surface area contributed by atoms with E-state index in [0.717, 1.165) is 35.1 Å². The molecule has 0 aliphatic carbocycles. The van der Waals surface area contributed by atoms with Crippen molar-refractivity contribution in [3.8, 4) is 17.0 Å². The van der Waals surface area contributed by atoms with Gasteiger partial charge in [-0.2, -0.15) is 11.8 Å². The van der Waals surface area contributed by atoms with Crippen LogP contribution in [0.4, 0.5) is 5.13 Å². The number of hydrogen-bond acceptors (Lipinski definition) is 6. The molecule has 0 saturated carbocycles. The maximum absolute atomic E-state index is 12.1.